The molecule has 0 saturated carbocycles. The van der Waals surface area contributed by atoms with Crippen LogP contribution in [0, 0.1) is 20.8 Å². The molecule has 0 saturated heterocycles. The molecule has 0 aliphatic carbocycles. The van der Waals surface area contributed by atoms with Crippen molar-refractivity contribution >= 4 is 23.5 Å². The number of carbonyl (C=O) groups is 2. The molecule has 2 aromatic carbocycles. The third kappa shape index (κ3) is 4.88. The number of Topliss-reactive ketones (excluding diaryl/α,β-unsaturated/α-hetero) is 1. The topological polar surface area (TPSA) is 64.0 Å². The maximum absolute atomic E-state index is 12.4. The van der Waals surface area contributed by atoms with Crippen LogP contribution in [0.3, 0.4) is 0 Å². The van der Waals surface area contributed by atoms with E-state index in [9.17, 15) is 9.59 Å². The van der Waals surface area contributed by atoms with Gasteiger partial charge in [0.1, 0.15) is 0 Å². The lowest BCUT2D eigenvalue weighted by atomic mass is 10.1. The molecular formula is C24H25N3O2. The normalized spacial score (nSPS) is 11.0. The number of nitrogens with one attached hydrogen (secondary N) is 1. The first-order valence-electron chi connectivity index (χ1n) is 9.53. The van der Waals surface area contributed by atoms with Gasteiger partial charge in [0.25, 0.3) is 0 Å². The summed E-state index contributed by atoms with van der Waals surface area (Å²) in [5.41, 5.74) is 6.19. The number of aromatic nitrogens is 2. The van der Waals surface area contributed by atoms with E-state index in [1.54, 1.807) is 30.3 Å². The van der Waals surface area contributed by atoms with Crippen LogP contribution in [0.1, 0.15) is 45.4 Å². The number of para-hydroxylation sites is 1. The molecule has 1 aromatic heterocycles. The van der Waals surface area contributed by atoms with Crippen molar-refractivity contribution in [3.63, 3.8) is 0 Å². The molecule has 1 N–H and O–H groups in total. The Morgan fingerprint density at radius 2 is 1.72 bits per heavy atom. The van der Waals surface area contributed by atoms with Crippen molar-refractivity contribution in [1.29, 1.82) is 0 Å². The smallest absolute Gasteiger partial charge is 0.248 e. The van der Waals surface area contributed by atoms with Crippen LogP contribution in [-0.4, -0.2) is 21.5 Å². The summed E-state index contributed by atoms with van der Waals surface area (Å²) in [7, 11) is 0. The SMILES string of the molecule is CC(=O)c1ccccc1NC(=O)/C=C/c1c(C)nn(Cc2ccc(C)cc2)c1C. The molecule has 148 valence electrons. The van der Waals surface area contributed by atoms with Crippen LogP contribution >= 0.6 is 0 Å². The van der Waals surface area contributed by atoms with Gasteiger partial charge in [0.05, 0.1) is 17.9 Å². The number of rotatable bonds is 6. The first-order chi connectivity index (χ1) is 13.8. The second-order valence-electron chi connectivity index (χ2n) is 7.15. The van der Waals surface area contributed by atoms with E-state index in [0.717, 1.165) is 17.0 Å². The van der Waals surface area contributed by atoms with E-state index in [0.29, 0.717) is 17.8 Å². The molecule has 0 atom stereocenters. The van der Waals surface area contributed by atoms with Gasteiger partial charge in [0.15, 0.2) is 5.78 Å². The van der Waals surface area contributed by atoms with Gasteiger partial charge in [-0.3, -0.25) is 14.3 Å². The predicted molar refractivity (Wildman–Crippen MR) is 116 cm³/mol. The number of amides is 1. The van der Waals surface area contributed by atoms with E-state index in [4.69, 9.17) is 0 Å². The van der Waals surface area contributed by atoms with Crippen LogP contribution in [0.15, 0.2) is 54.6 Å². The number of benzene rings is 2. The van der Waals surface area contributed by atoms with Crippen molar-refractivity contribution in [2.24, 2.45) is 0 Å². The van der Waals surface area contributed by atoms with E-state index in [1.807, 2.05) is 18.5 Å². The minimum absolute atomic E-state index is 0.0889. The van der Waals surface area contributed by atoms with Gasteiger partial charge in [-0.1, -0.05) is 42.0 Å². The minimum Gasteiger partial charge on any atom is -0.322 e. The Morgan fingerprint density at radius 3 is 2.41 bits per heavy atom. The molecule has 0 bridgehead atoms. The number of carbonyl (C=O) groups excluding carboxylic acids is 2. The molecule has 3 rings (SSSR count). The molecule has 5 nitrogen and oxygen atoms in total. The molecular weight excluding hydrogens is 362 g/mol. The summed E-state index contributed by atoms with van der Waals surface area (Å²) in [6.07, 6.45) is 3.25. The van der Waals surface area contributed by atoms with Crippen molar-refractivity contribution < 1.29 is 9.59 Å². The predicted octanol–water partition coefficient (Wildman–Crippen LogP) is 4.71. The van der Waals surface area contributed by atoms with Gasteiger partial charge in [-0.05, 0) is 51.5 Å². The van der Waals surface area contributed by atoms with Gasteiger partial charge in [0, 0.05) is 22.9 Å². The largest absolute Gasteiger partial charge is 0.322 e. The Labute approximate surface area is 171 Å². The second-order valence-corrected chi connectivity index (χ2v) is 7.15. The zero-order chi connectivity index (χ0) is 21.0. The van der Waals surface area contributed by atoms with E-state index in [-0.39, 0.29) is 11.7 Å². The van der Waals surface area contributed by atoms with Gasteiger partial charge in [-0.15, -0.1) is 0 Å². The highest BCUT2D eigenvalue weighted by Crippen LogP contribution is 2.18. The lowest BCUT2D eigenvalue weighted by molar-refractivity contribution is -0.111. The van der Waals surface area contributed by atoms with Gasteiger partial charge in [-0.25, -0.2) is 0 Å². The number of anilines is 1. The van der Waals surface area contributed by atoms with Crippen molar-refractivity contribution in [2.45, 2.75) is 34.2 Å². The number of ketones is 1. The molecule has 1 amide bonds. The van der Waals surface area contributed by atoms with Crippen LogP contribution in [-0.2, 0) is 11.3 Å². The average Bonchev–Trinajstić information content (AvgIpc) is 2.95. The first-order valence-corrected chi connectivity index (χ1v) is 9.53. The van der Waals surface area contributed by atoms with E-state index >= 15 is 0 Å². The molecule has 0 fully saturated rings. The highest BCUT2D eigenvalue weighted by molar-refractivity contribution is 6.07. The van der Waals surface area contributed by atoms with E-state index < -0.39 is 0 Å². The van der Waals surface area contributed by atoms with Gasteiger partial charge in [-0.2, -0.15) is 5.10 Å². The third-order valence-electron chi connectivity index (χ3n) is 4.86. The Hall–Kier alpha value is -3.47. The fourth-order valence-electron chi connectivity index (χ4n) is 3.20. The maximum Gasteiger partial charge on any atom is 0.248 e. The number of nitrogens with zero attached hydrogens (tertiary/aromatic N) is 2. The third-order valence-corrected chi connectivity index (χ3v) is 4.86. The van der Waals surface area contributed by atoms with Crippen molar-refractivity contribution in [3.05, 3.63) is 88.2 Å². The van der Waals surface area contributed by atoms with Gasteiger partial charge in [0.2, 0.25) is 5.91 Å². The van der Waals surface area contributed by atoms with E-state index in [1.165, 1.54) is 24.1 Å². The zero-order valence-electron chi connectivity index (χ0n) is 17.2. The molecule has 0 unspecified atom stereocenters. The van der Waals surface area contributed by atoms with Crippen LogP contribution in [0.2, 0.25) is 0 Å². The fraction of sp³-hybridized carbons (Fsp3) is 0.208. The Morgan fingerprint density at radius 1 is 1.03 bits per heavy atom. The number of hydrogen-bond donors (Lipinski definition) is 1. The number of aryl methyl sites for hydroxylation is 2. The molecule has 0 aliphatic rings. The second kappa shape index (κ2) is 8.69. The van der Waals surface area contributed by atoms with Gasteiger partial charge < -0.3 is 5.32 Å². The highest BCUT2D eigenvalue weighted by atomic mass is 16.1. The summed E-state index contributed by atoms with van der Waals surface area (Å²) >= 11 is 0. The molecule has 0 radical (unpaired) electrons. The summed E-state index contributed by atoms with van der Waals surface area (Å²) in [5, 5.41) is 7.40. The fourth-order valence-corrected chi connectivity index (χ4v) is 3.20. The number of hydrogen-bond acceptors (Lipinski definition) is 3. The molecule has 0 spiro atoms. The van der Waals surface area contributed by atoms with Crippen molar-refractivity contribution in [2.75, 3.05) is 5.32 Å². The highest BCUT2D eigenvalue weighted by Gasteiger charge is 2.11. The van der Waals surface area contributed by atoms with Crippen LogP contribution in [0.4, 0.5) is 5.69 Å². The molecule has 1 heterocycles. The Balaban J connectivity index is 1.75. The Kier molecular flexibility index (Phi) is 6.07. The summed E-state index contributed by atoms with van der Waals surface area (Å²) in [6.45, 7) is 8.16. The van der Waals surface area contributed by atoms with Crippen LogP contribution in [0.25, 0.3) is 6.08 Å². The molecule has 29 heavy (non-hydrogen) atoms. The van der Waals surface area contributed by atoms with Crippen molar-refractivity contribution in [1.82, 2.24) is 9.78 Å². The summed E-state index contributed by atoms with van der Waals surface area (Å²) in [4.78, 5) is 24.1. The van der Waals surface area contributed by atoms with Gasteiger partial charge >= 0.3 is 0 Å². The zero-order valence-corrected chi connectivity index (χ0v) is 17.2. The van der Waals surface area contributed by atoms with Crippen molar-refractivity contribution in [3.8, 4) is 0 Å². The van der Waals surface area contributed by atoms with E-state index in [2.05, 4.69) is 41.6 Å². The summed E-state index contributed by atoms with van der Waals surface area (Å²) in [5.74, 6) is -0.377. The Bertz CT molecular complexity index is 1080. The monoisotopic (exact) mass is 387 g/mol. The quantitative estimate of drug-likeness (QED) is 0.492. The lowest BCUT2D eigenvalue weighted by Crippen LogP contribution is -2.11. The first kappa shape index (κ1) is 20.3. The molecule has 0 aliphatic heterocycles. The minimum atomic E-state index is -0.288. The summed E-state index contributed by atoms with van der Waals surface area (Å²) in [6, 6.07) is 15.4. The molecule has 3 aromatic rings. The summed E-state index contributed by atoms with van der Waals surface area (Å²) < 4.78 is 1.95. The van der Waals surface area contributed by atoms with Crippen LogP contribution < -0.4 is 5.32 Å². The molecule has 5 heteroatoms. The lowest BCUT2D eigenvalue weighted by Gasteiger charge is -2.07. The standard InChI is InChI=1S/C24H25N3O2/c1-16-9-11-20(12-10-16)15-27-18(3)21(17(2)26-27)13-14-24(29)25-23-8-6-5-7-22(23)19(4)28/h5-14H,15H2,1-4H3,(H,25,29)/b14-13+. The van der Waals surface area contributed by atoms with Crippen LogP contribution in [0.5, 0.6) is 0 Å². The average molecular weight is 387 g/mol. The maximum atomic E-state index is 12.4.